The molecule has 0 heterocycles. The monoisotopic (exact) mass is 598 g/mol. The summed E-state index contributed by atoms with van der Waals surface area (Å²) in [5.41, 5.74) is 0. The number of methoxy groups -OCH3 is 4. The van der Waals surface area contributed by atoms with Crippen molar-refractivity contribution in [3.63, 3.8) is 0 Å². The van der Waals surface area contributed by atoms with Gasteiger partial charge in [0, 0.05) is 28.4 Å². The molecule has 0 spiro atoms. The number of hydrogen-bond acceptors (Lipinski definition) is 16. The summed E-state index contributed by atoms with van der Waals surface area (Å²) in [6.07, 6.45) is -0.275. The van der Waals surface area contributed by atoms with Gasteiger partial charge in [0.2, 0.25) is 0 Å². The molecule has 0 N–H and O–H groups in total. The number of ether oxygens (including phenoxy) is 12. The van der Waals surface area contributed by atoms with E-state index >= 15 is 0 Å². The highest BCUT2D eigenvalue weighted by Crippen LogP contribution is 2.44. The van der Waals surface area contributed by atoms with Crippen LogP contribution in [-0.2, 0) is 76.0 Å². The molecule has 1 fully saturated rings. The summed E-state index contributed by atoms with van der Waals surface area (Å²) < 4.78 is 60.9. The average molecular weight is 599 g/mol. The third-order valence-corrected chi connectivity index (χ3v) is 5.78. The van der Waals surface area contributed by atoms with E-state index in [0.717, 1.165) is 0 Å². The van der Waals surface area contributed by atoms with Gasteiger partial charge in [0.1, 0.15) is 0 Å². The fraction of sp³-hybridized carbons (Fsp3) is 0.840. The lowest BCUT2D eigenvalue weighted by Gasteiger charge is -2.23. The highest BCUT2D eigenvalue weighted by Gasteiger charge is 2.58. The van der Waals surface area contributed by atoms with Crippen LogP contribution in [0.1, 0.15) is 6.42 Å². The van der Waals surface area contributed by atoms with Crippen LogP contribution in [0.2, 0.25) is 0 Å². The van der Waals surface area contributed by atoms with Crippen LogP contribution in [0.25, 0.3) is 0 Å². The minimum absolute atomic E-state index is 0.126. The van der Waals surface area contributed by atoms with Gasteiger partial charge >= 0.3 is 23.9 Å². The second kappa shape index (κ2) is 23.2. The number of esters is 4. The van der Waals surface area contributed by atoms with Gasteiger partial charge in [-0.1, -0.05) is 0 Å². The van der Waals surface area contributed by atoms with Crippen LogP contribution < -0.4 is 0 Å². The molecule has 1 saturated carbocycles. The first kappa shape index (κ1) is 36.6. The van der Waals surface area contributed by atoms with Crippen LogP contribution in [0.5, 0.6) is 0 Å². The maximum Gasteiger partial charge on any atom is 0.312 e. The second-order valence-electron chi connectivity index (χ2n) is 8.43. The Morgan fingerprint density at radius 1 is 0.439 bits per heavy atom. The Morgan fingerprint density at radius 3 is 0.976 bits per heavy atom. The van der Waals surface area contributed by atoms with Crippen molar-refractivity contribution in [3.05, 3.63) is 0 Å². The molecule has 0 radical (unpaired) electrons. The number of hydrogen-bond donors (Lipinski definition) is 0. The van der Waals surface area contributed by atoms with Crippen molar-refractivity contribution in [1.29, 1.82) is 0 Å². The molecule has 1 aliphatic rings. The fourth-order valence-corrected chi connectivity index (χ4v) is 3.79. The molecule has 238 valence electrons. The normalized spacial score (nSPS) is 20.0. The zero-order chi connectivity index (χ0) is 30.3. The van der Waals surface area contributed by atoms with E-state index in [1.165, 1.54) is 28.4 Å². The highest BCUT2D eigenvalue weighted by molar-refractivity contribution is 5.92. The van der Waals surface area contributed by atoms with E-state index in [4.69, 9.17) is 56.8 Å². The standard InChI is InChI=1S/C25H42O16/c1-30-5-9-34-14-38-22(26)18-13-19(23(27)39-15-35-10-6-31-2)21(25(29)41-17-37-12-8-33-4)20(18)24(28)40-16-36-11-7-32-3/h18-21H,5-17H2,1-4H3. The van der Waals surface area contributed by atoms with Crippen molar-refractivity contribution < 1.29 is 76.0 Å². The highest BCUT2D eigenvalue weighted by atomic mass is 16.7. The zero-order valence-corrected chi connectivity index (χ0v) is 24.0. The second-order valence-corrected chi connectivity index (χ2v) is 8.43. The Hall–Kier alpha value is -2.44. The van der Waals surface area contributed by atoms with Crippen LogP contribution in [0.3, 0.4) is 0 Å². The number of carbonyl (C=O) groups is 4. The van der Waals surface area contributed by atoms with Crippen LogP contribution in [0, 0.1) is 23.7 Å². The molecule has 0 aromatic carbocycles. The van der Waals surface area contributed by atoms with Crippen molar-refractivity contribution in [3.8, 4) is 0 Å². The van der Waals surface area contributed by atoms with E-state index in [1.807, 2.05) is 0 Å². The molecule has 0 bridgehead atoms. The third kappa shape index (κ3) is 14.3. The summed E-state index contributed by atoms with van der Waals surface area (Å²) in [6, 6.07) is 0. The van der Waals surface area contributed by atoms with Crippen molar-refractivity contribution in [2.45, 2.75) is 6.42 Å². The lowest BCUT2D eigenvalue weighted by atomic mass is 9.86. The van der Waals surface area contributed by atoms with Crippen molar-refractivity contribution in [1.82, 2.24) is 0 Å². The van der Waals surface area contributed by atoms with E-state index in [1.54, 1.807) is 0 Å². The van der Waals surface area contributed by atoms with Crippen molar-refractivity contribution in [2.24, 2.45) is 23.7 Å². The summed E-state index contributed by atoms with van der Waals surface area (Å²) >= 11 is 0. The van der Waals surface area contributed by atoms with E-state index < -0.39 is 74.7 Å². The van der Waals surface area contributed by atoms with Crippen molar-refractivity contribution >= 4 is 23.9 Å². The Labute approximate surface area is 239 Å². The number of carbonyl (C=O) groups excluding carboxylic acids is 4. The lowest BCUT2D eigenvalue weighted by molar-refractivity contribution is -0.182. The maximum absolute atomic E-state index is 13.2. The van der Waals surface area contributed by atoms with Gasteiger partial charge in [-0.3, -0.25) is 19.2 Å². The van der Waals surface area contributed by atoms with E-state index in [-0.39, 0.29) is 59.3 Å². The number of rotatable bonds is 24. The Morgan fingerprint density at radius 2 is 0.707 bits per heavy atom. The average Bonchev–Trinajstić information content (AvgIpc) is 3.37. The summed E-state index contributed by atoms with van der Waals surface area (Å²) in [7, 11) is 5.90. The van der Waals surface area contributed by atoms with Gasteiger partial charge in [-0.25, -0.2) is 0 Å². The third-order valence-electron chi connectivity index (χ3n) is 5.78. The molecule has 0 saturated heterocycles. The van der Waals surface area contributed by atoms with E-state index in [2.05, 4.69) is 0 Å². The van der Waals surface area contributed by atoms with Gasteiger partial charge in [0.05, 0.1) is 76.5 Å². The maximum atomic E-state index is 13.2. The first-order chi connectivity index (χ1) is 19.9. The molecular weight excluding hydrogens is 556 g/mol. The van der Waals surface area contributed by atoms with Crippen LogP contribution in [-0.4, -0.2) is 132 Å². The summed E-state index contributed by atoms with van der Waals surface area (Å²) in [6.45, 7) is -0.271. The summed E-state index contributed by atoms with van der Waals surface area (Å²) in [5.74, 6) is -9.19. The minimum atomic E-state index is -1.47. The molecule has 0 aromatic heterocycles. The summed E-state index contributed by atoms with van der Waals surface area (Å²) in [4.78, 5) is 52.5. The molecular formula is C25H42O16. The fourth-order valence-electron chi connectivity index (χ4n) is 3.79. The predicted molar refractivity (Wildman–Crippen MR) is 134 cm³/mol. The van der Waals surface area contributed by atoms with Crippen molar-refractivity contribution in [2.75, 3.05) is 108 Å². The molecule has 16 nitrogen and oxygen atoms in total. The molecule has 0 amide bonds. The SMILES string of the molecule is COCCOCOC(=O)C1CC(C(=O)OCOCCOC)C(C(=O)OCOCCOC)C1C(=O)OCOCCOC. The minimum Gasteiger partial charge on any atom is -0.438 e. The molecule has 4 atom stereocenters. The molecule has 41 heavy (non-hydrogen) atoms. The molecule has 0 aliphatic heterocycles. The van der Waals surface area contributed by atoms with Gasteiger partial charge in [-0.2, -0.15) is 0 Å². The van der Waals surface area contributed by atoms with Gasteiger partial charge in [-0.05, 0) is 6.42 Å². The van der Waals surface area contributed by atoms with Crippen LogP contribution >= 0.6 is 0 Å². The Kier molecular flexibility index (Phi) is 20.7. The molecule has 1 aliphatic carbocycles. The predicted octanol–water partition coefficient (Wildman–Crippen LogP) is -0.490. The largest absolute Gasteiger partial charge is 0.438 e. The van der Waals surface area contributed by atoms with Crippen LogP contribution in [0.4, 0.5) is 0 Å². The Bertz CT molecular complexity index is 687. The smallest absolute Gasteiger partial charge is 0.312 e. The Balaban J connectivity index is 3.10. The van der Waals surface area contributed by atoms with Crippen LogP contribution in [0.15, 0.2) is 0 Å². The topological polar surface area (TPSA) is 179 Å². The summed E-state index contributed by atoms with van der Waals surface area (Å²) in [5, 5.41) is 0. The first-order valence-corrected chi connectivity index (χ1v) is 12.9. The van der Waals surface area contributed by atoms with Gasteiger partial charge in [0.25, 0.3) is 0 Å². The molecule has 4 unspecified atom stereocenters. The molecule has 1 rings (SSSR count). The van der Waals surface area contributed by atoms with Gasteiger partial charge in [-0.15, -0.1) is 0 Å². The molecule has 0 aromatic rings. The van der Waals surface area contributed by atoms with Gasteiger partial charge < -0.3 is 56.8 Å². The van der Waals surface area contributed by atoms with E-state index in [9.17, 15) is 19.2 Å². The lowest BCUT2D eigenvalue weighted by Crippen LogP contribution is -2.39. The first-order valence-electron chi connectivity index (χ1n) is 12.9. The van der Waals surface area contributed by atoms with E-state index in [0.29, 0.717) is 0 Å². The quantitative estimate of drug-likeness (QED) is 0.0600. The van der Waals surface area contributed by atoms with Gasteiger partial charge in [0.15, 0.2) is 27.2 Å². The molecule has 16 heteroatoms. The zero-order valence-electron chi connectivity index (χ0n) is 24.0.